The van der Waals surface area contributed by atoms with Gasteiger partial charge in [0, 0.05) is 18.4 Å². The molecular weight excluding hydrogens is 218 g/mol. The highest BCUT2D eigenvalue weighted by Crippen LogP contribution is 2.18. The van der Waals surface area contributed by atoms with Crippen LogP contribution in [-0.4, -0.2) is 33.4 Å². The fourth-order valence-electron chi connectivity index (χ4n) is 2.01. The topological polar surface area (TPSA) is 67.2 Å². The molecule has 0 aliphatic rings. The van der Waals surface area contributed by atoms with E-state index in [0.717, 1.165) is 18.7 Å². The van der Waals surface area contributed by atoms with Gasteiger partial charge in [-0.3, -0.25) is 9.48 Å². The van der Waals surface area contributed by atoms with Gasteiger partial charge in [-0.05, 0) is 39.3 Å². The van der Waals surface area contributed by atoms with Crippen LogP contribution in [0.3, 0.4) is 0 Å². The van der Waals surface area contributed by atoms with Crippen molar-refractivity contribution in [3.05, 3.63) is 18.0 Å². The highest BCUT2D eigenvalue weighted by atomic mass is 16.4. The minimum absolute atomic E-state index is 0.580. The highest BCUT2D eigenvalue weighted by molar-refractivity contribution is 5.78. The predicted octanol–water partition coefficient (Wildman–Crippen LogP) is 1.42. The molecule has 0 radical (unpaired) electrons. The molecule has 2 N–H and O–H groups in total. The first-order chi connectivity index (χ1) is 8.05. The van der Waals surface area contributed by atoms with Gasteiger partial charge in [-0.1, -0.05) is 6.92 Å². The number of carboxylic acids is 1. The van der Waals surface area contributed by atoms with E-state index < -0.39 is 11.5 Å². The summed E-state index contributed by atoms with van der Waals surface area (Å²) >= 11 is 0. The van der Waals surface area contributed by atoms with Gasteiger partial charge in [0.2, 0.25) is 0 Å². The maximum Gasteiger partial charge on any atom is 0.323 e. The van der Waals surface area contributed by atoms with Gasteiger partial charge in [-0.15, -0.1) is 0 Å². The molecule has 0 bridgehead atoms. The quantitative estimate of drug-likeness (QED) is 0.755. The molecule has 1 unspecified atom stereocenters. The predicted molar refractivity (Wildman–Crippen MR) is 65.9 cm³/mol. The molecule has 1 heterocycles. The van der Waals surface area contributed by atoms with Gasteiger partial charge in [-0.25, -0.2) is 0 Å². The van der Waals surface area contributed by atoms with Crippen LogP contribution in [0.25, 0.3) is 0 Å². The zero-order chi connectivity index (χ0) is 12.9. The Bertz CT molecular complexity index is 370. The summed E-state index contributed by atoms with van der Waals surface area (Å²) in [4.78, 5) is 11.3. The molecule has 0 aliphatic carbocycles. The standard InChI is InChI=1S/C12H21N3O2/c1-4-12(13-3,11(16)17)7-5-9-15-10(2)6-8-14-15/h6,8,13H,4-5,7,9H2,1-3H3,(H,16,17). The Morgan fingerprint density at radius 3 is 2.76 bits per heavy atom. The molecule has 5 nitrogen and oxygen atoms in total. The number of likely N-dealkylation sites (N-methyl/N-ethyl adjacent to an activating group) is 1. The Morgan fingerprint density at radius 1 is 1.65 bits per heavy atom. The van der Waals surface area contributed by atoms with Crippen LogP contribution in [0.4, 0.5) is 0 Å². The molecule has 1 aromatic heterocycles. The van der Waals surface area contributed by atoms with Crippen LogP contribution < -0.4 is 5.32 Å². The SMILES string of the molecule is CCC(CCCn1nccc1C)(NC)C(=O)O. The van der Waals surface area contributed by atoms with Crippen LogP contribution in [0.15, 0.2) is 12.3 Å². The lowest BCUT2D eigenvalue weighted by Gasteiger charge is -2.27. The first-order valence-electron chi connectivity index (χ1n) is 5.96. The zero-order valence-corrected chi connectivity index (χ0v) is 10.7. The van der Waals surface area contributed by atoms with Crippen molar-refractivity contribution in [2.45, 2.75) is 45.2 Å². The molecule has 0 saturated heterocycles. The number of hydrogen-bond donors (Lipinski definition) is 2. The summed E-state index contributed by atoms with van der Waals surface area (Å²) in [6, 6.07) is 1.95. The van der Waals surface area contributed by atoms with Gasteiger partial charge < -0.3 is 10.4 Å². The van der Waals surface area contributed by atoms with Gasteiger partial charge in [0.25, 0.3) is 0 Å². The number of aromatic nitrogens is 2. The van der Waals surface area contributed by atoms with E-state index in [-0.39, 0.29) is 0 Å². The second-order valence-electron chi connectivity index (χ2n) is 4.29. The number of hydrogen-bond acceptors (Lipinski definition) is 3. The second-order valence-corrected chi connectivity index (χ2v) is 4.29. The molecule has 0 saturated carbocycles. The normalized spacial score (nSPS) is 14.5. The minimum atomic E-state index is -0.805. The average Bonchev–Trinajstić information content (AvgIpc) is 2.70. The first kappa shape index (κ1) is 13.7. The van der Waals surface area contributed by atoms with E-state index in [9.17, 15) is 9.90 Å². The maximum atomic E-state index is 11.3. The Kier molecular flexibility index (Phi) is 4.69. The summed E-state index contributed by atoms with van der Waals surface area (Å²) in [6.45, 7) is 4.65. The number of rotatable bonds is 7. The third-order valence-electron chi connectivity index (χ3n) is 3.39. The monoisotopic (exact) mass is 239 g/mol. The molecule has 17 heavy (non-hydrogen) atoms. The Hall–Kier alpha value is -1.36. The van der Waals surface area contributed by atoms with Crippen LogP contribution >= 0.6 is 0 Å². The van der Waals surface area contributed by atoms with Crippen LogP contribution in [0.1, 0.15) is 31.9 Å². The molecule has 0 fully saturated rings. The summed E-state index contributed by atoms with van der Waals surface area (Å²) in [6.07, 6.45) is 3.74. The van der Waals surface area contributed by atoms with Crippen LogP contribution in [0.5, 0.6) is 0 Å². The van der Waals surface area contributed by atoms with Gasteiger partial charge in [-0.2, -0.15) is 5.10 Å². The summed E-state index contributed by atoms with van der Waals surface area (Å²) in [5.41, 5.74) is 0.299. The van der Waals surface area contributed by atoms with Gasteiger partial charge in [0.05, 0.1) is 0 Å². The van der Waals surface area contributed by atoms with Crippen molar-refractivity contribution in [3.63, 3.8) is 0 Å². The van der Waals surface area contributed by atoms with E-state index in [1.54, 1.807) is 13.2 Å². The van der Waals surface area contributed by atoms with Crippen molar-refractivity contribution < 1.29 is 9.90 Å². The fraction of sp³-hybridized carbons (Fsp3) is 0.667. The van der Waals surface area contributed by atoms with Crippen molar-refractivity contribution in [1.29, 1.82) is 0 Å². The molecule has 0 aliphatic heterocycles. The van der Waals surface area contributed by atoms with E-state index >= 15 is 0 Å². The largest absolute Gasteiger partial charge is 0.480 e. The van der Waals surface area contributed by atoms with Gasteiger partial charge in [0.1, 0.15) is 5.54 Å². The molecular formula is C12H21N3O2. The third-order valence-corrected chi connectivity index (χ3v) is 3.39. The van der Waals surface area contributed by atoms with Crippen molar-refractivity contribution >= 4 is 5.97 Å². The molecule has 0 amide bonds. The lowest BCUT2D eigenvalue weighted by molar-refractivity contribution is -0.145. The van der Waals surface area contributed by atoms with Gasteiger partial charge >= 0.3 is 5.97 Å². The number of aryl methyl sites for hydroxylation is 2. The Morgan fingerprint density at radius 2 is 2.35 bits per heavy atom. The summed E-state index contributed by atoms with van der Waals surface area (Å²) in [5.74, 6) is -0.778. The molecule has 5 heteroatoms. The van der Waals surface area contributed by atoms with Crippen molar-refractivity contribution in [1.82, 2.24) is 15.1 Å². The number of carboxylic acid groups (broad SMARTS) is 1. The summed E-state index contributed by atoms with van der Waals surface area (Å²) in [5, 5.41) is 16.4. The van der Waals surface area contributed by atoms with E-state index in [1.165, 1.54) is 0 Å². The van der Waals surface area contributed by atoms with E-state index in [2.05, 4.69) is 10.4 Å². The Balaban J connectivity index is 2.54. The number of nitrogens with one attached hydrogen (secondary N) is 1. The van der Waals surface area contributed by atoms with Crippen molar-refractivity contribution in [2.24, 2.45) is 0 Å². The Labute approximate surface area is 102 Å². The first-order valence-corrected chi connectivity index (χ1v) is 5.96. The molecule has 96 valence electrons. The molecule has 1 rings (SSSR count). The minimum Gasteiger partial charge on any atom is -0.480 e. The van der Waals surface area contributed by atoms with Crippen molar-refractivity contribution in [2.75, 3.05) is 7.05 Å². The van der Waals surface area contributed by atoms with Crippen LogP contribution in [-0.2, 0) is 11.3 Å². The van der Waals surface area contributed by atoms with Crippen LogP contribution in [0, 0.1) is 6.92 Å². The molecule has 1 aromatic rings. The molecule has 1 atom stereocenters. The molecule has 0 aromatic carbocycles. The smallest absolute Gasteiger partial charge is 0.323 e. The number of nitrogens with zero attached hydrogens (tertiary/aromatic N) is 2. The van der Waals surface area contributed by atoms with Gasteiger partial charge in [0.15, 0.2) is 0 Å². The van der Waals surface area contributed by atoms with E-state index in [4.69, 9.17) is 0 Å². The number of aliphatic carboxylic acids is 1. The fourth-order valence-corrected chi connectivity index (χ4v) is 2.01. The summed E-state index contributed by atoms with van der Waals surface area (Å²) in [7, 11) is 1.71. The highest BCUT2D eigenvalue weighted by Gasteiger charge is 2.34. The average molecular weight is 239 g/mol. The van der Waals surface area contributed by atoms with E-state index in [1.807, 2.05) is 24.6 Å². The van der Waals surface area contributed by atoms with Crippen LogP contribution in [0.2, 0.25) is 0 Å². The second kappa shape index (κ2) is 5.82. The third kappa shape index (κ3) is 3.06. The molecule has 0 spiro atoms. The van der Waals surface area contributed by atoms with E-state index in [0.29, 0.717) is 12.8 Å². The maximum absolute atomic E-state index is 11.3. The lowest BCUT2D eigenvalue weighted by Crippen LogP contribution is -2.49. The lowest BCUT2D eigenvalue weighted by atomic mass is 9.90. The van der Waals surface area contributed by atoms with Crippen molar-refractivity contribution in [3.8, 4) is 0 Å². The zero-order valence-electron chi connectivity index (χ0n) is 10.7. The number of carbonyl (C=O) groups is 1. The summed E-state index contributed by atoms with van der Waals surface area (Å²) < 4.78 is 1.90.